The molecule has 0 unspecified atom stereocenters. The van der Waals surface area contributed by atoms with Crippen LogP contribution in [0.15, 0.2) is 18.2 Å². The molecule has 2 rings (SSSR count). The van der Waals surface area contributed by atoms with Gasteiger partial charge in [-0.1, -0.05) is 12.0 Å². The van der Waals surface area contributed by atoms with Crippen LogP contribution in [-0.4, -0.2) is 23.6 Å². The van der Waals surface area contributed by atoms with Gasteiger partial charge in [0, 0.05) is 7.05 Å². The maximum Gasteiger partial charge on any atom is 0.204 e. The van der Waals surface area contributed by atoms with Crippen molar-refractivity contribution >= 4 is 17.0 Å². The molecule has 0 bridgehead atoms. The number of aryl methyl sites for hydroxylation is 1. The van der Waals surface area contributed by atoms with Gasteiger partial charge in [-0.05, 0) is 24.6 Å². The Morgan fingerprint density at radius 3 is 3.07 bits per heavy atom. The summed E-state index contributed by atoms with van der Waals surface area (Å²) in [6.07, 6.45) is 5.25. The zero-order valence-electron chi connectivity index (χ0n) is 8.91. The van der Waals surface area contributed by atoms with Crippen LogP contribution in [0.2, 0.25) is 0 Å². The molecule has 0 saturated heterocycles. The van der Waals surface area contributed by atoms with Crippen molar-refractivity contribution in [1.29, 1.82) is 0 Å². The van der Waals surface area contributed by atoms with E-state index < -0.39 is 0 Å². The summed E-state index contributed by atoms with van der Waals surface area (Å²) in [4.78, 5) is 9.60. The summed E-state index contributed by atoms with van der Waals surface area (Å²) in [5, 5.41) is 0. The number of imidazole rings is 1. The fourth-order valence-corrected chi connectivity index (χ4v) is 1.50. The quantitative estimate of drug-likeness (QED) is 0.749. The lowest BCUT2D eigenvalue weighted by Gasteiger charge is -2.10. The molecule has 1 heterocycles. The van der Waals surface area contributed by atoms with Crippen LogP contribution in [0.5, 0.6) is 0 Å². The van der Waals surface area contributed by atoms with E-state index in [9.17, 15) is 0 Å². The first-order valence-corrected chi connectivity index (χ1v) is 4.81. The van der Waals surface area contributed by atoms with Gasteiger partial charge in [0.15, 0.2) is 0 Å². The normalized spacial score (nSPS) is 10.2. The van der Waals surface area contributed by atoms with Crippen LogP contribution < -0.4 is 4.90 Å². The van der Waals surface area contributed by atoms with E-state index in [-0.39, 0.29) is 0 Å². The van der Waals surface area contributed by atoms with Crippen molar-refractivity contribution in [2.24, 2.45) is 0 Å². The van der Waals surface area contributed by atoms with Crippen molar-refractivity contribution in [3.8, 4) is 12.3 Å². The van der Waals surface area contributed by atoms with Gasteiger partial charge >= 0.3 is 0 Å². The minimum atomic E-state index is 0.554. The van der Waals surface area contributed by atoms with E-state index in [2.05, 4.69) is 28.9 Å². The van der Waals surface area contributed by atoms with Crippen molar-refractivity contribution in [1.82, 2.24) is 9.97 Å². The number of aromatic nitrogens is 2. The second-order valence-electron chi connectivity index (χ2n) is 3.64. The first-order chi connectivity index (χ1) is 7.20. The summed E-state index contributed by atoms with van der Waals surface area (Å²) in [5.41, 5.74) is 3.24. The average Bonchev–Trinajstić information content (AvgIpc) is 2.60. The van der Waals surface area contributed by atoms with E-state index >= 15 is 0 Å². The highest BCUT2D eigenvalue weighted by Gasteiger charge is 2.05. The maximum atomic E-state index is 5.25. The number of nitrogens with zero attached hydrogens (tertiary/aromatic N) is 2. The predicted octanol–water partition coefficient (Wildman–Crippen LogP) is 1.94. The highest BCUT2D eigenvalue weighted by molar-refractivity contribution is 5.78. The fraction of sp³-hybridized carbons (Fsp3) is 0.250. The molecular formula is C12H13N3. The average molecular weight is 199 g/mol. The number of H-pyrrole nitrogens is 1. The standard InChI is InChI=1S/C12H13N3/c1-4-7-15(3)12-13-10-6-5-9(2)8-11(10)14-12/h1,5-6,8H,7H2,2-3H3,(H,13,14). The molecule has 0 amide bonds. The van der Waals surface area contributed by atoms with Gasteiger partial charge in [-0.15, -0.1) is 6.42 Å². The number of rotatable bonds is 2. The number of terminal acetylenes is 1. The number of hydrogen-bond acceptors (Lipinski definition) is 2. The van der Waals surface area contributed by atoms with E-state index in [4.69, 9.17) is 6.42 Å². The third-order valence-electron chi connectivity index (χ3n) is 2.31. The molecule has 0 spiro atoms. The third kappa shape index (κ3) is 1.79. The summed E-state index contributed by atoms with van der Waals surface area (Å²) in [7, 11) is 1.92. The molecule has 0 aliphatic rings. The Bertz CT molecular complexity index is 519. The van der Waals surface area contributed by atoms with Crippen molar-refractivity contribution in [2.75, 3.05) is 18.5 Å². The van der Waals surface area contributed by atoms with Crippen LogP contribution >= 0.6 is 0 Å². The highest BCUT2D eigenvalue weighted by atomic mass is 15.2. The van der Waals surface area contributed by atoms with Gasteiger partial charge in [-0.3, -0.25) is 0 Å². The molecule has 1 aromatic heterocycles. The maximum absolute atomic E-state index is 5.25. The van der Waals surface area contributed by atoms with E-state index in [1.54, 1.807) is 0 Å². The first-order valence-electron chi connectivity index (χ1n) is 4.81. The Labute approximate surface area is 89.1 Å². The Morgan fingerprint density at radius 2 is 2.33 bits per heavy atom. The predicted molar refractivity (Wildman–Crippen MR) is 62.9 cm³/mol. The molecule has 0 radical (unpaired) electrons. The number of benzene rings is 1. The van der Waals surface area contributed by atoms with Crippen molar-refractivity contribution < 1.29 is 0 Å². The Morgan fingerprint density at radius 1 is 1.53 bits per heavy atom. The van der Waals surface area contributed by atoms with Crippen molar-refractivity contribution in [2.45, 2.75) is 6.92 Å². The van der Waals surface area contributed by atoms with E-state index in [1.807, 2.05) is 24.1 Å². The van der Waals surface area contributed by atoms with Gasteiger partial charge in [0.25, 0.3) is 0 Å². The molecular weight excluding hydrogens is 186 g/mol. The SMILES string of the molecule is C#CCN(C)c1nc2ccc(C)cc2[nH]1. The van der Waals surface area contributed by atoms with Crippen LogP contribution in [-0.2, 0) is 0 Å². The molecule has 0 saturated carbocycles. The van der Waals surface area contributed by atoms with Gasteiger partial charge in [0.05, 0.1) is 17.6 Å². The summed E-state index contributed by atoms with van der Waals surface area (Å²) >= 11 is 0. The molecule has 3 heteroatoms. The molecule has 1 N–H and O–H groups in total. The van der Waals surface area contributed by atoms with E-state index in [0.717, 1.165) is 17.0 Å². The molecule has 2 aromatic rings. The Balaban J connectivity index is 2.43. The summed E-state index contributed by atoms with van der Waals surface area (Å²) in [5.74, 6) is 3.40. The number of anilines is 1. The summed E-state index contributed by atoms with van der Waals surface area (Å²) in [6.45, 7) is 2.61. The highest BCUT2D eigenvalue weighted by Crippen LogP contribution is 2.17. The van der Waals surface area contributed by atoms with E-state index in [1.165, 1.54) is 5.56 Å². The summed E-state index contributed by atoms with van der Waals surface area (Å²) < 4.78 is 0. The van der Waals surface area contributed by atoms with Crippen LogP contribution in [0.1, 0.15) is 5.56 Å². The van der Waals surface area contributed by atoms with Gasteiger partial charge in [0.2, 0.25) is 5.95 Å². The monoisotopic (exact) mass is 199 g/mol. The smallest absolute Gasteiger partial charge is 0.204 e. The molecule has 0 aliphatic heterocycles. The Kier molecular flexibility index (Phi) is 2.34. The molecule has 15 heavy (non-hydrogen) atoms. The van der Waals surface area contributed by atoms with Gasteiger partial charge in [-0.2, -0.15) is 0 Å². The van der Waals surface area contributed by atoms with Gasteiger partial charge < -0.3 is 9.88 Å². The fourth-order valence-electron chi connectivity index (χ4n) is 1.50. The van der Waals surface area contributed by atoms with E-state index in [0.29, 0.717) is 6.54 Å². The number of aromatic amines is 1. The number of fused-ring (bicyclic) bond motifs is 1. The lowest BCUT2D eigenvalue weighted by molar-refractivity contribution is 0.988. The number of nitrogens with one attached hydrogen (secondary N) is 1. The zero-order chi connectivity index (χ0) is 10.8. The zero-order valence-corrected chi connectivity index (χ0v) is 8.91. The van der Waals surface area contributed by atoms with Gasteiger partial charge in [-0.25, -0.2) is 4.98 Å². The van der Waals surface area contributed by atoms with Crippen LogP contribution in [0.25, 0.3) is 11.0 Å². The van der Waals surface area contributed by atoms with Gasteiger partial charge in [0.1, 0.15) is 0 Å². The molecule has 0 aliphatic carbocycles. The van der Waals surface area contributed by atoms with Crippen LogP contribution in [0.3, 0.4) is 0 Å². The molecule has 0 atom stereocenters. The Hall–Kier alpha value is -1.95. The molecule has 1 aromatic carbocycles. The number of hydrogen-bond donors (Lipinski definition) is 1. The summed E-state index contributed by atoms with van der Waals surface area (Å²) in [6, 6.07) is 6.14. The largest absolute Gasteiger partial charge is 0.334 e. The molecule has 3 nitrogen and oxygen atoms in total. The first kappa shape index (κ1) is 9.60. The van der Waals surface area contributed by atoms with Crippen LogP contribution in [0.4, 0.5) is 5.95 Å². The topological polar surface area (TPSA) is 31.9 Å². The lowest BCUT2D eigenvalue weighted by atomic mass is 10.2. The van der Waals surface area contributed by atoms with Crippen molar-refractivity contribution in [3.63, 3.8) is 0 Å². The third-order valence-corrected chi connectivity index (χ3v) is 2.31. The lowest BCUT2D eigenvalue weighted by Crippen LogP contribution is -2.18. The molecule has 76 valence electrons. The minimum Gasteiger partial charge on any atom is -0.334 e. The van der Waals surface area contributed by atoms with Crippen LogP contribution in [0, 0.1) is 19.3 Å². The molecule has 0 fully saturated rings. The second kappa shape index (κ2) is 3.66. The minimum absolute atomic E-state index is 0.554. The second-order valence-corrected chi connectivity index (χ2v) is 3.64. The van der Waals surface area contributed by atoms with Crippen molar-refractivity contribution in [3.05, 3.63) is 23.8 Å².